The lowest BCUT2D eigenvalue weighted by Gasteiger charge is -2.08. The second-order valence-electron chi connectivity index (χ2n) is 4.98. The number of nitrogens with zero attached hydrogens (tertiary/aromatic N) is 2. The van der Waals surface area contributed by atoms with E-state index < -0.39 is 0 Å². The Kier molecular flexibility index (Phi) is 4.53. The molecule has 0 aliphatic rings. The first-order valence-corrected chi connectivity index (χ1v) is 7.21. The molecule has 112 valence electrons. The fraction of sp³-hybridized carbons (Fsp3) is 0.333. The number of hydrogen-bond donors (Lipinski definition) is 1. The summed E-state index contributed by atoms with van der Waals surface area (Å²) in [5.74, 6) is -0.392. The Morgan fingerprint density at radius 2 is 1.95 bits per heavy atom. The van der Waals surface area contributed by atoms with E-state index in [9.17, 15) is 9.59 Å². The fourth-order valence-corrected chi connectivity index (χ4v) is 2.17. The van der Waals surface area contributed by atoms with Gasteiger partial charge in [0.1, 0.15) is 5.69 Å². The summed E-state index contributed by atoms with van der Waals surface area (Å²) in [6.07, 6.45) is 0. The first kappa shape index (κ1) is 15.4. The Morgan fingerprint density at radius 3 is 2.52 bits per heavy atom. The Balaban J connectivity index is 2.47. The maximum Gasteiger partial charge on any atom is 0.295 e. The molecule has 0 radical (unpaired) electrons. The second-order valence-corrected chi connectivity index (χ2v) is 5.29. The van der Waals surface area contributed by atoms with Crippen molar-refractivity contribution in [3.8, 4) is 5.69 Å². The molecule has 0 saturated heterocycles. The van der Waals surface area contributed by atoms with Crippen LogP contribution in [0.1, 0.15) is 12.6 Å². The van der Waals surface area contributed by atoms with Crippen molar-refractivity contribution in [1.82, 2.24) is 9.36 Å². The molecule has 1 unspecified atom stereocenters. The van der Waals surface area contributed by atoms with Gasteiger partial charge in [-0.05, 0) is 19.1 Å². The molecule has 1 aromatic heterocycles. The van der Waals surface area contributed by atoms with Crippen LogP contribution in [-0.2, 0) is 11.8 Å². The summed E-state index contributed by atoms with van der Waals surface area (Å²) in [6, 6.07) is 9.28. The van der Waals surface area contributed by atoms with Crippen molar-refractivity contribution in [2.45, 2.75) is 13.8 Å². The fourth-order valence-electron chi connectivity index (χ4n) is 2.03. The monoisotopic (exact) mass is 307 g/mol. The molecule has 0 aliphatic carbocycles. The number of anilines is 1. The summed E-state index contributed by atoms with van der Waals surface area (Å²) in [5.41, 5.74) is 1.48. The average molecular weight is 308 g/mol. The Hall–Kier alpha value is -2.01. The van der Waals surface area contributed by atoms with E-state index in [-0.39, 0.29) is 23.3 Å². The van der Waals surface area contributed by atoms with Crippen molar-refractivity contribution in [2.24, 2.45) is 13.0 Å². The van der Waals surface area contributed by atoms with Gasteiger partial charge in [0, 0.05) is 18.8 Å². The van der Waals surface area contributed by atoms with Gasteiger partial charge in [-0.2, -0.15) is 0 Å². The van der Waals surface area contributed by atoms with E-state index in [1.165, 1.54) is 4.68 Å². The number of nitrogens with one attached hydrogen (secondary N) is 1. The minimum atomic E-state index is -0.351. The molecule has 2 rings (SSSR count). The number of carbonyl (C=O) groups excluding carboxylic acids is 1. The van der Waals surface area contributed by atoms with Crippen molar-refractivity contribution in [3.63, 3.8) is 0 Å². The van der Waals surface area contributed by atoms with Crippen LogP contribution in [0.15, 0.2) is 35.1 Å². The lowest BCUT2D eigenvalue weighted by molar-refractivity contribution is -0.118. The highest BCUT2D eigenvalue weighted by Crippen LogP contribution is 2.15. The number of carbonyl (C=O) groups is 1. The van der Waals surface area contributed by atoms with Gasteiger partial charge in [0.2, 0.25) is 5.91 Å². The highest BCUT2D eigenvalue weighted by molar-refractivity contribution is 6.19. The number of para-hydroxylation sites is 1. The van der Waals surface area contributed by atoms with Crippen molar-refractivity contribution in [3.05, 3.63) is 46.4 Å². The van der Waals surface area contributed by atoms with Crippen LogP contribution in [0.25, 0.3) is 5.69 Å². The molecule has 1 N–H and O–H groups in total. The molecule has 21 heavy (non-hydrogen) atoms. The molecule has 1 aromatic carbocycles. The van der Waals surface area contributed by atoms with Crippen LogP contribution < -0.4 is 10.9 Å². The molecule has 5 nitrogen and oxygen atoms in total. The highest BCUT2D eigenvalue weighted by Gasteiger charge is 2.20. The maximum atomic E-state index is 12.6. The Bertz CT molecular complexity index is 704. The molecule has 0 aliphatic heterocycles. The van der Waals surface area contributed by atoms with Gasteiger partial charge in [-0.15, -0.1) is 11.6 Å². The molecule has 1 heterocycles. The van der Waals surface area contributed by atoms with Crippen LogP contribution in [0.2, 0.25) is 0 Å². The third kappa shape index (κ3) is 2.88. The van der Waals surface area contributed by atoms with Gasteiger partial charge in [-0.3, -0.25) is 14.3 Å². The molecule has 0 fully saturated rings. The van der Waals surface area contributed by atoms with E-state index in [4.69, 9.17) is 11.6 Å². The minimum absolute atomic E-state index is 0.213. The zero-order chi connectivity index (χ0) is 15.6. The summed E-state index contributed by atoms with van der Waals surface area (Å²) in [4.78, 5) is 24.5. The summed E-state index contributed by atoms with van der Waals surface area (Å²) in [6.45, 7) is 3.51. The average Bonchev–Trinajstić information content (AvgIpc) is 2.71. The summed E-state index contributed by atoms with van der Waals surface area (Å²) in [5, 5.41) is 2.68. The molecule has 0 spiro atoms. The smallest absolute Gasteiger partial charge is 0.295 e. The third-order valence-corrected chi connectivity index (χ3v) is 3.94. The predicted octanol–water partition coefficient (Wildman–Crippen LogP) is 2.30. The van der Waals surface area contributed by atoms with Crippen LogP contribution in [0.4, 0.5) is 5.69 Å². The van der Waals surface area contributed by atoms with Crippen molar-refractivity contribution in [2.75, 3.05) is 11.2 Å². The van der Waals surface area contributed by atoms with Crippen molar-refractivity contribution in [1.29, 1.82) is 0 Å². The highest BCUT2D eigenvalue weighted by atomic mass is 35.5. The van der Waals surface area contributed by atoms with Crippen molar-refractivity contribution < 1.29 is 4.79 Å². The van der Waals surface area contributed by atoms with Crippen LogP contribution in [0.5, 0.6) is 0 Å². The van der Waals surface area contributed by atoms with Gasteiger partial charge in [0.05, 0.1) is 11.4 Å². The van der Waals surface area contributed by atoms with Gasteiger partial charge in [-0.1, -0.05) is 25.1 Å². The maximum absolute atomic E-state index is 12.6. The van der Waals surface area contributed by atoms with E-state index in [2.05, 4.69) is 5.32 Å². The third-order valence-electron chi connectivity index (χ3n) is 3.48. The van der Waals surface area contributed by atoms with Crippen molar-refractivity contribution >= 4 is 23.2 Å². The molecular weight excluding hydrogens is 290 g/mol. The van der Waals surface area contributed by atoms with Gasteiger partial charge < -0.3 is 5.32 Å². The van der Waals surface area contributed by atoms with E-state index >= 15 is 0 Å². The zero-order valence-corrected chi connectivity index (χ0v) is 13.0. The minimum Gasteiger partial charge on any atom is -0.320 e. The largest absolute Gasteiger partial charge is 0.320 e. The second kappa shape index (κ2) is 6.18. The van der Waals surface area contributed by atoms with Crippen LogP contribution in [-0.4, -0.2) is 21.2 Å². The van der Waals surface area contributed by atoms with Gasteiger partial charge in [0.25, 0.3) is 5.56 Å². The lowest BCUT2D eigenvalue weighted by Crippen LogP contribution is -2.26. The molecule has 6 heteroatoms. The standard InChI is InChI=1S/C15H18ClN3O2/c1-10(9-16)14(20)17-13-11(2)18(3)19(15(13)21)12-7-5-4-6-8-12/h4-8,10H,9H2,1-3H3,(H,17,20). The van der Waals surface area contributed by atoms with E-state index in [1.807, 2.05) is 30.3 Å². The zero-order valence-electron chi connectivity index (χ0n) is 12.3. The van der Waals surface area contributed by atoms with Crippen LogP contribution in [0.3, 0.4) is 0 Å². The number of halogens is 1. The molecular formula is C15H18ClN3O2. The summed E-state index contributed by atoms with van der Waals surface area (Å²) < 4.78 is 3.24. The Labute approximate surface area is 128 Å². The normalized spacial score (nSPS) is 12.2. The SMILES string of the molecule is Cc1c(NC(=O)C(C)CCl)c(=O)n(-c2ccccc2)n1C. The molecule has 0 bridgehead atoms. The van der Waals surface area contributed by atoms with Crippen LogP contribution >= 0.6 is 11.6 Å². The topological polar surface area (TPSA) is 56.0 Å². The van der Waals surface area contributed by atoms with Crippen LogP contribution in [0, 0.1) is 12.8 Å². The number of amides is 1. The lowest BCUT2D eigenvalue weighted by atomic mass is 10.2. The first-order chi connectivity index (χ1) is 9.97. The molecule has 1 amide bonds. The number of rotatable bonds is 4. The Morgan fingerprint density at radius 1 is 1.33 bits per heavy atom. The number of aromatic nitrogens is 2. The molecule has 2 aromatic rings. The summed E-state index contributed by atoms with van der Waals surface area (Å²) in [7, 11) is 1.78. The number of alkyl halides is 1. The first-order valence-electron chi connectivity index (χ1n) is 6.68. The quantitative estimate of drug-likeness (QED) is 0.881. The van der Waals surface area contributed by atoms with E-state index in [0.717, 1.165) is 5.69 Å². The van der Waals surface area contributed by atoms with Gasteiger partial charge in [-0.25, -0.2) is 4.68 Å². The van der Waals surface area contributed by atoms with Gasteiger partial charge in [0.15, 0.2) is 0 Å². The van der Waals surface area contributed by atoms with E-state index in [0.29, 0.717) is 11.4 Å². The predicted molar refractivity (Wildman–Crippen MR) is 84.3 cm³/mol. The molecule has 0 saturated carbocycles. The van der Waals surface area contributed by atoms with Gasteiger partial charge >= 0.3 is 0 Å². The van der Waals surface area contributed by atoms with E-state index in [1.54, 1.807) is 25.6 Å². The number of benzene rings is 1. The summed E-state index contributed by atoms with van der Waals surface area (Å²) >= 11 is 5.68. The molecule has 1 atom stereocenters. The number of hydrogen-bond acceptors (Lipinski definition) is 2.